The van der Waals surface area contributed by atoms with E-state index >= 15 is 0 Å². The van der Waals surface area contributed by atoms with Crippen molar-refractivity contribution < 1.29 is 0 Å². The van der Waals surface area contributed by atoms with Gasteiger partial charge in [0, 0.05) is 11.4 Å². The summed E-state index contributed by atoms with van der Waals surface area (Å²) < 4.78 is 0. The summed E-state index contributed by atoms with van der Waals surface area (Å²) in [5.74, 6) is 0.771. The molecule has 0 unspecified atom stereocenters. The van der Waals surface area contributed by atoms with Crippen LogP contribution in [0.5, 0.6) is 0 Å². The zero-order valence-corrected chi connectivity index (χ0v) is 11.3. The second-order valence-electron chi connectivity index (χ2n) is 5.60. The fraction of sp³-hybridized carbons (Fsp3) is 0.714. The van der Waals surface area contributed by atoms with E-state index in [1.807, 2.05) is 11.3 Å². The van der Waals surface area contributed by atoms with Gasteiger partial charge in [-0.15, -0.1) is 11.3 Å². The van der Waals surface area contributed by atoms with E-state index in [-0.39, 0.29) is 0 Å². The van der Waals surface area contributed by atoms with Gasteiger partial charge in [0.1, 0.15) is 0 Å². The van der Waals surface area contributed by atoms with Crippen LogP contribution in [-0.4, -0.2) is 13.1 Å². The van der Waals surface area contributed by atoms with Crippen LogP contribution in [0, 0.1) is 11.3 Å². The van der Waals surface area contributed by atoms with Gasteiger partial charge in [0.15, 0.2) is 0 Å². The van der Waals surface area contributed by atoms with Gasteiger partial charge in [0.2, 0.25) is 0 Å². The lowest BCUT2D eigenvalue weighted by Gasteiger charge is -2.16. The first-order valence-electron chi connectivity index (χ1n) is 6.43. The van der Waals surface area contributed by atoms with Crippen LogP contribution in [0.4, 0.5) is 0 Å². The van der Waals surface area contributed by atoms with E-state index in [0.29, 0.717) is 5.41 Å². The largest absolute Gasteiger partial charge is 0.316 e. The molecule has 0 aromatic carbocycles. The Hall–Kier alpha value is -0.340. The van der Waals surface area contributed by atoms with Crippen molar-refractivity contribution >= 4 is 11.3 Å². The van der Waals surface area contributed by atoms with Crippen LogP contribution < -0.4 is 5.32 Å². The van der Waals surface area contributed by atoms with Crippen molar-refractivity contribution in [3.05, 3.63) is 22.4 Å². The van der Waals surface area contributed by atoms with Gasteiger partial charge in [-0.05, 0) is 55.0 Å². The first-order chi connectivity index (χ1) is 7.70. The topological polar surface area (TPSA) is 12.0 Å². The molecule has 1 saturated carbocycles. The summed E-state index contributed by atoms with van der Waals surface area (Å²) in [6, 6.07) is 4.43. The summed E-state index contributed by atoms with van der Waals surface area (Å²) in [5.41, 5.74) is 0.652. The van der Waals surface area contributed by atoms with Gasteiger partial charge in [0.05, 0.1) is 0 Å². The maximum Gasteiger partial charge on any atom is 0.00454 e. The number of thiophene rings is 1. The van der Waals surface area contributed by atoms with Crippen molar-refractivity contribution in [2.45, 2.75) is 39.5 Å². The van der Waals surface area contributed by atoms with Crippen LogP contribution in [0.2, 0.25) is 0 Å². The van der Waals surface area contributed by atoms with E-state index in [2.05, 4.69) is 36.7 Å². The van der Waals surface area contributed by atoms with E-state index in [1.54, 1.807) is 4.88 Å². The van der Waals surface area contributed by atoms with Crippen molar-refractivity contribution in [3.63, 3.8) is 0 Å². The Labute approximate surface area is 103 Å². The van der Waals surface area contributed by atoms with Crippen LogP contribution in [-0.2, 0) is 6.42 Å². The van der Waals surface area contributed by atoms with Crippen molar-refractivity contribution in [3.8, 4) is 0 Å². The first kappa shape index (κ1) is 12.1. The van der Waals surface area contributed by atoms with Crippen LogP contribution in [0.15, 0.2) is 17.5 Å². The van der Waals surface area contributed by atoms with Crippen LogP contribution in [0.1, 0.15) is 38.0 Å². The van der Waals surface area contributed by atoms with E-state index in [4.69, 9.17) is 0 Å². The number of aryl methyl sites for hydroxylation is 1. The predicted octanol–water partition coefficient (Wildman–Crippen LogP) is 3.71. The lowest BCUT2D eigenvalue weighted by Crippen LogP contribution is -2.27. The Bertz CT molecular complexity index is 299. The highest BCUT2D eigenvalue weighted by molar-refractivity contribution is 7.09. The van der Waals surface area contributed by atoms with E-state index in [0.717, 1.165) is 5.92 Å². The number of hydrogen-bond donors (Lipinski definition) is 1. The normalized spacial score (nSPS) is 17.9. The zero-order chi connectivity index (χ0) is 11.4. The Morgan fingerprint density at radius 1 is 1.44 bits per heavy atom. The van der Waals surface area contributed by atoms with Gasteiger partial charge < -0.3 is 5.32 Å². The third-order valence-electron chi connectivity index (χ3n) is 3.49. The standard InChI is InChI=1S/C14H23NS/c1-12(2)10-15-11-14(7-8-14)6-5-13-4-3-9-16-13/h3-4,9,12,15H,5-8,10-11H2,1-2H3. The summed E-state index contributed by atoms with van der Waals surface area (Å²) >= 11 is 1.90. The van der Waals surface area contributed by atoms with Crippen LogP contribution >= 0.6 is 11.3 Å². The minimum Gasteiger partial charge on any atom is -0.316 e. The lowest BCUT2D eigenvalue weighted by molar-refractivity contribution is 0.410. The Morgan fingerprint density at radius 2 is 2.25 bits per heavy atom. The molecule has 1 aromatic rings. The third kappa shape index (κ3) is 3.60. The molecular formula is C14H23NS. The Morgan fingerprint density at radius 3 is 2.81 bits per heavy atom. The molecule has 0 saturated heterocycles. The van der Waals surface area contributed by atoms with E-state index in [9.17, 15) is 0 Å². The second-order valence-corrected chi connectivity index (χ2v) is 6.64. The van der Waals surface area contributed by atoms with Crippen molar-refractivity contribution in [1.82, 2.24) is 5.32 Å². The quantitative estimate of drug-likeness (QED) is 0.762. The highest BCUT2D eigenvalue weighted by Crippen LogP contribution is 2.49. The molecule has 0 aliphatic heterocycles. The monoisotopic (exact) mass is 237 g/mol. The summed E-state index contributed by atoms with van der Waals surface area (Å²) in [4.78, 5) is 1.55. The minimum absolute atomic E-state index is 0.652. The molecule has 1 nitrogen and oxygen atoms in total. The van der Waals surface area contributed by atoms with Crippen LogP contribution in [0.3, 0.4) is 0 Å². The SMILES string of the molecule is CC(C)CNCC1(CCc2cccs2)CC1. The molecule has 2 heteroatoms. The molecule has 1 fully saturated rings. The molecular weight excluding hydrogens is 214 g/mol. The number of rotatable bonds is 7. The molecule has 1 heterocycles. The third-order valence-corrected chi connectivity index (χ3v) is 4.43. The molecule has 16 heavy (non-hydrogen) atoms. The maximum absolute atomic E-state index is 3.62. The Balaban J connectivity index is 1.68. The summed E-state index contributed by atoms with van der Waals surface area (Å²) in [5, 5.41) is 5.81. The molecule has 90 valence electrons. The number of hydrogen-bond acceptors (Lipinski definition) is 2. The second kappa shape index (κ2) is 5.33. The van der Waals surface area contributed by atoms with Gasteiger partial charge in [0.25, 0.3) is 0 Å². The maximum atomic E-state index is 3.62. The lowest BCUT2D eigenvalue weighted by atomic mass is 9.99. The smallest absolute Gasteiger partial charge is 0.00454 e. The first-order valence-corrected chi connectivity index (χ1v) is 7.31. The molecule has 0 radical (unpaired) electrons. The highest BCUT2D eigenvalue weighted by Gasteiger charge is 2.41. The van der Waals surface area contributed by atoms with E-state index in [1.165, 1.54) is 38.8 Å². The molecule has 1 N–H and O–H groups in total. The fourth-order valence-electron chi connectivity index (χ4n) is 2.16. The minimum atomic E-state index is 0.652. The summed E-state index contributed by atoms with van der Waals surface area (Å²) in [6.45, 7) is 6.95. The molecule has 1 aliphatic carbocycles. The van der Waals surface area contributed by atoms with Crippen molar-refractivity contribution in [2.75, 3.05) is 13.1 Å². The summed E-state index contributed by atoms with van der Waals surface area (Å²) in [6.07, 6.45) is 5.52. The number of nitrogens with one attached hydrogen (secondary N) is 1. The summed E-state index contributed by atoms with van der Waals surface area (Å²) in [7, 11) is 0. The molecule has 0 bridgehead atoms. The average molecular weight is 237 g/mol. The van der Waals surface area contributed by atoms with Crippen molar-refractivity contribution in [2.24, 2.45) is 11.3 Å². The molecule has 1 aliphatic rings. The highest BCUT2D eigenvalue weighted by atomic mass is 32.1. The molecule has 1 aromatic heterocycles. The van der Waals surface area contributed by atoms with Crippen LogP contribution in [0.25, 0.3) is 0 Å². The molecule has 0 atom stereocenters. The van der Waals surface area contributed by atoms with Crippen molar-refractivity contribution in [1.29, 1.82) is 0 Å². The van der Waals surface area contributed by atoms with Gasteiger partial charge in [-0.25, -0.2) is 0 Å². The molecule has 2 rings (SSSR count). The Kier molecular flexibility index (Phi) is 4.04. The fourth-order valence-corrected chi connectivity index (χ4v) is 2.87. The van der Waals surface area contributed by atoms with Gasteiger partial charge in [-0.1, -0.05) is 19.9 Å². The average Bonchev–Trinajstić information content (AvgIpc) is 2.81. The predicted molar refractivity (Wildman–Crippen MR) is 72.0 cm³/mol. The zero-order valence-electron chi connectivity index (χ0n) is 10.5. The van der Waals surface area contributed by atoms with Gasteiger partial charge in [-0.2, -0.15) is 0 Å². The van der Waals surface area contributed by atoms with E-state index < -0.39 is 0 Å². The molecule has 0 spiro atoms. The van der Waals surface area contributed by atoms with Gasteiger partial charge in [-0.3, -0.25) is 0 Å². The van der Waals surface area contributed by atoms with Gasteiger partial charge >= 0.3 is 0 Å². The molecule has 0 amide bonds.